The molecular weight excluding hydrogens is 536 g/mol. The Morgan fingerprint density at radius 3 is 2.48 bits per heavy atom. The lowest BCUT2D eigenvalue weighted by Gasteiger charge is -2.32. The summed E-state index contributed by atoms with van der Waals surface area (Å²) in [6.45, 7) is 0.973. The largest absolute Gasteiger partial charge is 0.454 e. The molecule has 0 unspecified atom stereocenters. The number of amides is 3. The number of hydrogen-bond acceptors (Lipinski definition) is 10. The third-order valence-electron chi connectivity index (χ3n) is 6.77. The number of ether oxygens (including phenoxy) is 3. The van der Waals surface area contributed by atoms with Gasteiger partial charge in [-0.1, -0.05) is 12.1 Å². The fraction of sp³-hybridized carbons (Fsp3) is 0.333. The first-order valence-corrected chi connectivity index (χ1v) is 13.5. The van der Waals surface area contributed by atoms with E-state index < -0.39 is 23.8 Å². The average Bonchev–Trinajstić information content (AvgIpc) is 3.71. The summed E-state index contributed by atoms with van der Waals surface area (Å²) in [4.78, 5) is 43.3. The summed E-state index contributed by atoms with van der Waals surface area (Å²) in [5.74, 6) is -0.966. The van der Waals surface area contributed by atoms with E-state index in [4.69, 9.17) is 25.7 Å². The molecule has 0 bridgehead atoms. The van der Waals surface area contributed by atoms with Crippen LogP contribution in [0.2, 0.25) is 0 Å². The quantitative estimate of drug-likeness (QED) is 0.353. The van der Waals surface area contributed by atoms with Gasteiger partial charge in [-0.15, -0.1) is 0 Å². The van der Waals surface area contributed by atoms with Gasteiger partial charge in [0, 0.05) is 44.7 Å². The number of carbonyl (C=O) groups excluding carboxylic acids is 3. The molecular formula is C27H30N6O6S. The lowest BCUT2D eigenvalue weighted by molar-refractivity contribution is -0.123. The van der Waals surface area contributed by atoms with Gasteiger partial charge in [0.2, 0.25) is 12.7 Å². The van der Waals surface area contributed by atoms with Crippen molar-refractivity contribution in [1.29, 1.82) is 0 Å². The molecule has 12 nitrogen and oxygen atoms in total. The van der Waals surface area contributed by atoms with Crippen molar-refractivity contribution in [1.82, 2.24) is 9.69 Å². The molecule has 0 aliphatic carbocycles. The van der Waals surface area contributed by atoms with Gasteiger partial charge in [0.15, 0.2) is 17.2 Å². The zero-order valence-corrected chi connectivity index (χ0v) is 22.9. The summed E-state index contributed by atoms with van der Waals surface area (Å²) in [5.41, 5.74) is 13.0. The van der Waals surface area contributed by atoms with Crippen LogP contribution in [0.3, 0.4) is 0 Å². The van der Waals surface area contributed by atoms with Crippen LogP contribution in [0.4, 0.5) is 17.1 Å². The number of anilines is 3. The molecule has 3 amide bonds. The standard InChI is InChI=1S/C27H30N6O6S/c1-32(2)16-7-5-15(6-8-16)23(26(35)30-13-18-4-3-11-37-18)33(17-9-10-19-20(12-17)39-14-38-19)27(36)24-21(28)22(25(29)34)31-40-24/h5-10,12,18,23H,3-4,11,13-14,28H2,1-2H3,(H2,29,34)(H,30,35)/t18-,23+/m1/s1. The molecule has 13 heteroatoms. The smallest absolute Gasteiger partial charge is 0.273 e. The Hall–Kier alpha value is -4.36. The predicted molar refractivity (Wildman–Crippen MR) is 150 cm³/mol. The molecule has 1 aromatic heterocycles. The van der Waals surface area contributed by atoms with Crippen molar-refractivity contribution in [2.45, 2.75) is 25.0 Å². The van der Waals surface area contributed by atoms with Crippen LogP contribution >= 0.6 is 11.5 Å². The Labute approximate surface area is 234 Å². The summed E-state index contributed by atoms with van der Waals surface area (Å²) in [6.07, 6.45) is 1.65. The molecule has 1 fully saturated rings. The molecule has 0 radical (unpaired) electrons. The van der Waals surface area contributed by atoms with Crippen LogP contribution in [0, 0.1) is 0 Å². The lowest BCUT2D eigenvalue weighted by atomic mass is 10.0. The molecule has 3 heterocycles. The number of nitrogens with two attached hydrogens (primary N) is 2. The highest BCUT2D eigenvalue weighted by Crippen LogP contribution is 2.40. The number of rotatable bonds is 9. The van der Waals surface area contributed by atoms with E-state index >= 15 is 0 Å². The van der Waals surface area contributed by atoms with Crippen LogP contribution in [0.15, 0.2) is 42.5 Å². The summed E-state index contributed by atoms with van der Waals surface area (Å²) in [6, 6.07) is 11.2. The molecule has 0 saturated carbocycles. The van der Waals surface area contributed by atoms with Crippen molar-refractivity contribution in [3.63, 3.8) is 0 Å². The minimum Gasteiger partial charge on any atom is -0.454 e. The fourth-order valence-electron chi connectivity index (χ4n) is 4.65. The Morgan fingerprint density at radius 2 is 1.82 bits per heavy atom. The van der Waals surface area contributed by atoms with Crippen molar-refractivity contribution in [2.75, 3.05) is 49.6 Å². The minimum absolute atomic E-state index is 0.0201. The summed E-state index contributed by atoms with van der Waals surface area (Å²) < 4.78 is 20.7. The van der Waals surface area contributed by atoms with Crippen molar-refractivity contribution in [3.8, 4) is 11.5 Å². The average molecular weight is 567 g/mol. The first-order chi connectivity index (χ1) is 19.2. The second-order valence-electron chi connectivity index (χ2n) is 9.62. The predicted octanol–water partition coefficient (Wildman–Crippen LogP) is 2.30. The van der Waals surface area contributed by atoms with E-state index in [-0.39, 0.29) is 29.2 Å². The maximum absolute atomic E-state index is 14.2. The highest BCUT2D eigenvalue weighted by atomic mass is 32.1. The number of primary amides is 1. The van der Waals surface area contributed by atoms with Gasteiger partial charge in [-0.05, 0) is 54.2 Å². The van der Waals surface area contributed by atoms with Crippen LogP contribution in [0.25, 0.3) is 0 Å². The number of benzene rings is 2. The molecule has 2 atom stereocenters. The Kier molecular flexibility index (Phi) is 7.76. The number of aromatic nitrogens is 1. The Bertz CT molecular complexity index is 1420. The van der Waals surface area contributed by atoms with Crippen molar-refractivity contribution in [3.05, 3.63) is 58.6 Å². The first kappa shape index (κ1) is 27.2. The zero-order chi connectivity index (χ0) is 28.4. The van der Waals surface area contributed by atoms with Gasteiger partial charge in [-0.2, -0.15) is 4.37 Å². The number of hydrogen-bond donors (Lipinski definition) is 3. The van der Waals surface area contributed by atoms with E-state index in [1.54, 1.807) is 30.3 Å². The van der Waals surface area contributed by atoms with E-state index in [2.05, 4.69) is 9.69 Å². The van der Waals surface area contributed by atoms with Gasteiger partial charge < -0.3 is 35.9 Å². The Morgan fingerprint density at radius 1 is 1.10 bits per heavy atom. The molecule has 2 aliphatic rings. The van der Waals surface area contributed by atoms with Crippen molar-refractivity contribution in [2.24, 2.45) is 5.73 Å². The highest BCUT2D eigenvalue weighted by Gasteiger charge is 2.37. The van der Waals surface area contributed by atoms with Crippen molar-refractivity contribution >= 4 is 46.3 Å². The van der Waals surface area contributed by atoms with Gasteiger partial charge in [0.1, 0.15) is 10.9 Å². The van der Waals surface area contributed by atoms with E-state index in [9.17, 15) is 14.4 Å². The summed E-state index contributed by atoms with van der Waals surface area (Å²) in [7, 11) is 3.82. The van der Waals surface area contributed by atoms with Crippen LogP contribution in [-0.4, -0.2) is 62.2 Å². The van der Waals surface area contributed by atoms with Gasteiger partial charge in [-0.3, -0.25) is 19.3 Å². The maximum atomic E-state index is 14.2. The third kappa shape index (κ3) is 5.38. The van der Waals surface area contributed by atoms with Gasteiger partial charge in [0.05, 0.1) is 11.8 Å². The molecule has 40 heavy (non-hydrogen) atoms. The second-order valence-corrected chi connectivity index (χ2v) is 10.4. The fourth-order valence-corrected chi connectivity index (χ4v) is 5.39. The topological polar surface area (TPSA) is 162 Å². The molecule has 210 valence electrons. The molecule has 0 spiro atoms. The van der Waals surface area contributed by atoms with Crippen molar-refractivity contribution < 1.29 is 28.6 Å². The number of nitrogens with zero attached hydrogens (tertiary/aromatic N) is 3. The number of fused-ring (bicyclic) bond motifs is 1. The highest BCUT2D eigenvalue weighted by molar-refractivity contribution is 7.09. The second kappa shape index (κ2) is 11.4. The van der Waals surface area contributed by atoms with E-state index in [0.717, 1.165) is 30.1 Å². The minimum atomic E-state index is -1.12. The zero-order valence-electron chi connectivity index (χ0n) is 22.1. The van der Waals surface area contributed by atoms with E-state index in [1.165, 1.54) is 4.90 Å². The van der Waals surface area contributed by atoms with Crippen LogP contribution in [0.5, 0.6) is 11.5 Å². The normalized spacial score (nSPS) is 16.4. The van der Waals surface area contributed by atoms with Gasteiger partial charge in [0.25, 0.3) is 11.8 Å². The SMILES string of the molecule is CN(C)c1ccc([C@@H](C(=O)NC[C@H]2CCCO2)N(C(=O)c2snc(C(N)=O)c2N)c2ccc3c(c2)OCO3)cc1. The molecule has 1 saturated heterocycles. The van der Waals surface area contributed by atoms with Crippen LogP contribution in [0.1, 0.15) is 44.6 Å². The third-order valence-corrected chi connectivity index (χ3v) is 7.62. The molecule has 2 aliphatic heterocycles. The monoisotopic (exact) mass is 566 g/mol. The molecule has 5 N–H and O–H groups in total. The molecule has 2 aromatic carbocycles. The first-order valence-electron chi connectivity index (χ1n) is 12.7. The van der Waals surface area contributed by atoms with Crippen LogP contribution < -0.4 is 36.1 Å². The van der Waals surface area contributed by atoms with Gasteiger partial charge >= 0.3 is 0 Å². The molecule has 5 rings (SSSR count). The maximum Gasteiger partial charge on any atom is 0.273 e. The number of nitrogens with one attached hydrogen (secondary N) is 1. The van der Waals surface area contributed by atoms with Crippen LogP contribution in [-0.2, 0) is 9.53 Å². The molecule has 3 aromatic rings. The summed E-state index contributed by atoms with van der Waals surface area (Å²) >= 11 is 0.744. The lowest BCUT2D eigenvalue weighted by Crippen LogP contribution is -2.45. The van der Waals surface area contributed by atoms with Gasteiger partial charge in [-0.25, -0.2) is 0 Å². The summed E-state index contributed by atoms with van der Waals surface area (Å²) in [5, 5.41) is 2.97. The number of carbonyl (C=O) groups is 3. The Balaban J connectivity index is 1.61. The van der Waals surface area contributed by atoms with E-state index in [0.29, 0.717) is 35.9 Å². The van der Waals surface area contributed by atoms with E-state index in [1.807, 2.05) is 31.1 Å². The number of nitrogen functional groups attached to an aromatic ring is 1.